The number of imidazole rings is 1. The third-order valence-electron chi connectivity index (χ3n) is 4.59. The fraction of sp³-hybridized carbons (Fsp3) is 0.182. The van der Waals surface area contributed by atoms with Crippen LogP contribution in [0, 0.1) is 0 Å². The lowest BCUT2D eigenvalue weighted by atomic mass is 10.0. The van der Waals surface area contributed by atoms with Gasteiger partial charge in [-0.15, -0.1) is 0 Å². The van der Waals surface area contributed by atoms with Crippen molar-refractivity contribution in [2.45, 2.75) is 6.42 Å². The standard InChI is InChI=1S/C22H22N6O/c1-28-13-12-24-21(28)20-19(16-6-5-8-18(14-16)29-2)15-26-22(27-20)25-11-9-17-7-3-4-10-23-17/h3-8,10,12-15H,9,11H2,1-2H3,(H,25,26,27). The highest BCUT2D eigenvalue weighted by atomic mass is 16.5. The number of hydrogen-bond acceptors (Lipinski definition) is 6. The lowest BCUT2D eigenvalue weighted by molar-refractivity contribution is 0.415. The average molecular weight is 386 g/mol. The molecule has 0 unspecified atom stereocenters. The van der Waals surface area contributed by atoms with E-state index in [4.69, 9.17) is 9.72 Å². The molecular weight excluding hydrogens is 364 g/mol. The summed E-state index contributed by atoms with van der Waals surface area (Å²) >= 11 is 0. The third kappa shape index (κ3) is 4.24. The minimum atomic E-state index is 0.561. The van der Waals surface area contributed by atoms with Gasteiger partial charge in [0.2, 0.25) is 5.95 Å². The van der Waals surface area contributed by atoms with Gasteiger partial charge in [0, 0.05) is 56.1 Å². The van der Waals surface area contributed by atoms with Gasteiger partial charge >= 0.3 is 0 Å². The summed E-state index contributed by atoms with van der Waals surface area (Å²) in [5, 5.41) is 3.29. The van der Waals surface area contributed by atoms with Gasteiger partial charge in [-0.3, -0.25) is 4.98 Å². The Labute approximate surface area is 169 Å². The van der Waals surface area contributed by atoms with E-state index in [-0.39, 0.29) is 0 Å². The molecular formula is C22H22N6O. The number of anilines is 1. The van der Waals surface area contributed by atoms with Crippen molar-refractivity contribution in [2.24, 2.45) is 7.05 Å². The quantitative estimate of drug-likeness (QED) is 0.523. The predicted molar refractivity (Wildman–Crippen MR) is 113 cm³/mol. The number of aryl methyl sites for hydroxylation is 1. The maximum atomic E-state index is 5.37. The molecule has 0 saturated heterocycles. The van der Waals surface area contributed by atoms with Crippen LogP contribution in [0.1, 0.15) is 5.69 Å². The first-order valence-corrected chi connectivity index (χ1v) is 9.37. The van der Waals surface area contributed by atoms with Gasteiger partial charge in [0.05, 0.1) is 7.11 Å². The first-order valence-electron chi connectivity index (χ1n) is 9.37. The zero-order valence-electron chi connectivity index (χ0n) is 16.4. The number of benzene rings is 1. The molecule has 4 aromatic rings. The van der Waals surface area contributed by atoms with Crippen LogP contribution in [-0.2, 0) is 13.5 Å². The van der Waals surface area contributed by atoms with Crippen LogP contribution in [0.5, 0.6) is 5.75 Å². The number of hydrogen-bond donors (Lipinski definition) is 1. The first kappa shape index (κ1) is 18.6. The second-order valence-electron chi connectivity index (χ2n) is 6.55. The summed E-state index contributed by atoms with van der Waals surface area (Å²) < 4.78 is 7.32. The van der Waals surface area contributed by atoms with Crippen molar-refractivity contribution in [3.05, 3.63) is 72.9 Å². The van der Waals surface area contributed by atoms with Gasteiger partial charge in [-0.05, 0) is 29.8 Å². The lowest BCUT2D eigenvalue weighted by Crippen LogP contribution is -2.10. The van der Waals surface area contributed by atoms with Gasteiger partial charge in [-0.2, -0.15) is 0 Å². The van der Waals surface area contributed by atoms with E-state index in [1.807, 2.05) is 66.5 Å². The second kappa shape index (κ2) is 8.52. The number of nitrogens with one attached hydrogen (secondary N) is 1. The van der Waals surface area contributed by atoms with Crippen LogP contribution >= 0.6 is 0 Å². The average Bonchev–Trinajstić information content (AvgIpc) is 3.20. The maximum Gasteiger partial charge on any atom is 0.223 e. The molecule has 0 spiro atoms. The Bertz CT molecular complexity index is 1090. The number of aromatic nitrogens is 5. The van der Waals surface area contributed by atoms with Crippen LogP contribution < -0.4 is 10.1 Å². The van der Waals surface area contributed by atoms with Crippen molar-refractivity contribution in [1.29, 1.82) is 0 Å². The summed E-state index contributed by atoms with van der Waals surface area (Å²) in [6, 6.07) is 13.8. The van der Waals surface area contributed by atoms with E-state index < -0.39 is 0 Å². The molecule has 0 saturated carbocycles. The Morgan fingerprint density at radius 2 is 1.97 bits per heavy atom. The summed E-state index contributed by atoms with van der Waals surface area (Å²) in [7, 11) is 3.61. The monoisotopic (exact) mass is 386 g/mol. The van der Waals surface area contributed by atoms with Gasteiger partial charge in [0.25, 0.3) is 0 Å². The van der Waals surface area contributed by atoms with E-state index in [9.17, 15) is 0 Å². The molecule has 1 aromatic carbocycles. The highest BCUT2D eigenvalue weighted by Gasteiger charge is 2.15. The van der Waals surface area contributed by atoms with Crippen LogP contribution in [0.15, 0.2) is 67.3 Å². The van der Waals surface area contributed by atoms with Gasteiger partial charge in [0.15, 0.2) is 5.82 Å². The molecule has 4 rings (SSSR count). The van der Waals surface area contributed by atoms with E-state index in [0.29, 0.717) is 12.5 Å². The Balaban J connectivity index is 1.64. The molecule has 29 heavy (non-hydrogen) atoms. The molecule has 146 valence electrons. The van der Waals surface area contributed by atoms with Crippen LogP contribution in [0.2, 0.25) is 0 Å². The van der Waals surface area contributed by atoms with E-state index in [0.717, 1.165) is 40.5 Å². The summed E-state index contributed by atoms with van der Waals surface area (Å²) in [6.07, 6.45) is 8.09. The number of rotatable bonds is 7. The Morgan fingerprint density at radius 3 is 2.72 bits per heavy atom. The fourth-order valence-electron chi connectivity index (χ4n) is 3.08. The number of methoxy groups -OCH3 is 1. The molecule has 0 bridgehead atoms. The fourth-order valence-corrected chi connectivity index (χ4v) is 3.08. The maximum absolute atomic E-state index is 5.37. The minimum Gasteiger partial charge on any atom is -0.497 e. The van der Waals surface area contributed by atoms with Gasteiger partial charge in [-0.1, -0.05) is 18.2 Å². The third-order valence-corrected chi connectivity index (χ3v) is 4.59. The predicted octanol–water partition coefficient (Wildman–Crippen LogP) is 3.60. The minimum absolute atomic E-state index is 0.561. The van der Waals surface area contributed by atoms with Crippen LogP contribution in [0.4, 0.5) is 5.95 Å². The lowest BCUT2D eigenvalue weighted by Gasteiger charge is -2.12. The Hall–Kier alpha value is -3.74. The summed E-state index contributed by atoms with van der Waals surface area (Å²) in [6.45, 7) is 0.690. The summed E-state index contributed by atoms with van der Waals surface area (Å²) in [5.74, 6) is 2.12. The van der Waals surface area contributed by atoms with Crippen molar-refractivity contribution in [3.63, 3.8) is 0 Å². The topological polar surface area (TPSA) is 77.8 Å². The van der Waals surface area contributed by atoms with E-state index >= 15 is 0 Å². The highest BCUT2D eigenvalue weighted by Crippen LogP contribution is 2.31. The second-order valence-corrected chi connectivity index (χ2v) is 6.55. The van der Waals surface area contributed by atoms with E-state index in [1.54, 1.807) is 19.5 Å². The molecule has 0 aliphatic rings. The first-order chi connectivity index (χ1) is 14.2. The largest absolute Gasteiger partial charge is 0.497 e. The summed E-state index contributed by atoms with van der Waals surface area (Å²) in [5.41, 5.74) is 3.66. The normalized spacial score (nSPS) is 10.7. The molecule has 0 radical (unpaired) electrons. The number of pyridine rings is 1. The Kier molecular flexibility index (Phi) is 5.47. The van der Waals surface area contributed by atoms with Crippen molar-refractivity contribution in [1.82, 2.24) is 24.5 Å². The highest BCUT2D eigenvalue weighted by molar-refractivity contribution is 5.78. The molecule has 0 atom stereocenters. The summed E-state index contributed by atoms with van der Waals surface area (Å²) in [4.78, 5) is 18.1. The van der Waals surface area contributed by atoms with Gasteiger partial charge in [0.1, 0.15) is 11.4 Å². The van der Waals surface area contributed by atoms with Gasteiger partial charge < -0.3 is 14.6 Å². The van der Waals surface area contributed by atoms with Crippen molar-refractivity contribution >= 4 is 5.95 Å². The van der Waals surface area contributed by atoms with E-state index in [2.05, 4.69) is 20.3 Å². The van der Waals surface area contributed by atoms with Gasteiger partial charge in [-0.25, -0.2) is 15.0 Å². The molecule has 0 amide bonds. The number of ether oxygens (including phenoxy) is 1. The zero-order valence-corrected chi connectivity index (χ0v) is 16.4. The SMILES string of the molecule is COc1cccc(-c2cnc(NCCc3ccccn3)nc2-c2nccn2C)c1. The Morgan fingerprint density at radius 1 is 1.03 bits per heavy atom. The van der Waals surface area contributed by atoms with Crippen LogP contribution in [-0.4, -0.2) is 38.2 Å². The zero-order chi connectivity index (χ0) is 20.1. The van der Waals surface area contributed by atoms with E-state index in [1.165, 1.54) is 0 Å². The van der Waals surface area contributed by atoms with Crippen molar-refractivity contribution < 1.29 is 4.74 Å². The van der Waals surface area contributed by atoms with Crippen molar-refractivity contribution in [3.8, 4) is 28.4 Å². The molecule has 7 heteroatoms. The number of nitrogens with zero attached hydrogens (tertiary/aromatic N) is 5. The molecule has 3 aromatic heterocycles. The van der Waals surface area contributed by atoms with Crippen LogP contribution in [0.25, 0.3) is 22.6 Å². The molecule has 0 fully saturated rings. The molecule has 1 N–H and O–H groups in total. The molecule has 3 heterocycles. The van der Waals surface area contributed by atoms with Crippen molar-refractivity contribution in [2.75, 3.05) is 19.0 Å². The molecule has 0 aliphatic heterocycles. The van der Waals surface area contributed by atoms with Crippen LogP contribution in [0.3, 0.4) is 0 Å². The molecule has 7 nitrogen and oxygen atoms in total. The molecule has 0 aliphatic carbocycles. The smallest absolute Gasteiger partial charge is 0.223 e.